The third-order valence-electron chi connectivity index (χ3n) is 0.925. The predicted molar refractivity (Wildman–Crippen MR) is 38.7 cm³/mol. The van der Waals surface area contributed by atoms with Crippen LogP contribution in [0.2, 0.25) is 0 Å². The first kappa shape index (κ1) is 6.00. The number of hydrogen-bond acceptors (Lipinski definition) is 2. The molecular weight excluding hydrogens is 217 g/mol. The van der Waals surface area contributed by atoms with Crippen LogP contribution in [0.25, 0.3) is 0 Å². The minimum Gasteiger partial charge on any atom is -0.252 e. The number of hydrogen-bond donors (Lipinski definition) is 0. The molecule has 0 saturated heterocycles. The number of aromatic nitrogens is 3. The first-order valence-electron chi connectivity index (χ1n) is 2.23. The van der Waals surface area contributed by atoms with Crippen LogP contribution in [-0.4, -0.2) is 14.8 Å². The first-order valence-corrected chi connectivity index (χ1v) is 3.76. The van der Waals surface area contributed by atoms with Crippen LogP contribution >= 0.6 is 22.6 Å². The van der Waals surface area contributed by atoms with Crippen LogP contribution in [0.5, 0.6) is 0 Å². The molecule has 44 valence electrons. The summed E-state index contributed by atoms with van der Waals surface area (Å²) in [7, 11) is 1.89. The average Bonchev–Trinajstić information content (AvgIpc) is 2.14. The van der Waals surface area contributed by atoms with Gasteiger partial charge in [0, 0.05) is 7.05 Å². The second-order valence-corrected chi connectivity index (χ2v) is 2.20. The zero-order chi connectivity index (χ0) is 5.98. The van der Waals surface area contributed by atoms with E-state index in [1.807, 2.05) is 7.05 Å². The van der Waals surface area contributed by atoms with Gasteiger partial charge in [-0.25, -0.2) is 4.98 Å². The van der Waals surface area contributed by atoms with Crippen LogP contribution in [0.15, 0.2) is 6.33 Å². The van der Waals surface area contributed by atoms with Crippen molar-refractivity contribution in [2.75, 3.05) is 0 Å². The molecule has 0 fully saturated rings. The molecule has 0 aliphatic rings. The largest absolute Gasteiger partial charge is 0.252 e. The quantitative estimate of drug-likeness (QED) is 0.519. The number of alkyl halides is 1. The highest BCUT2D eigenvalue weighted by molar-refractivity contribution is 14.1. The lowest BCUT2D eigenvalue weighted by molar-refractivity contribution is 0.733. The average molecular weight is 223 g/mol. The summed E-state index contributed by atoms with van der Waals surface area (Å²) in [5.74, 6) is 1.02. The molecule has 0 saturated carbocycles. The Kier molecular flexibility index (Phi) is 1.82. The molecule has 1 aromatic heterocycles. The van der Waals surface area contributed by atoms with E-state index in [0.29, 0.717) is 0 Å². The van der Waals surface area contributed by atoms with E-state index in [-0.39, 0.29) is 0 Å². The van der Waals surface area contributed by atoms with Crippen LogP contribution in [0.3, 0.4) is 0 Å². The highest BCUT2D eigenvalue weighted by atomic mass is 127. The summed E-state index contributed by atoms with van der Waals surface area (Å²) in [6, 6.07) is 0. The molecule has 0 radical (unpaired) electrons. The molecule has 1 rings (SSSR count). The van der Waals surface area contributed by atoms with Crippen molar-refractivity contribution in [3.05, 3.63) is 12.2 Å². The lowest BCUT2D eigenvalue weighted by atomic mass is 10.7. The predicted octanol–water partition coefficient (Wildman–Crippen LogP) is 0.750. The zero-order valence-electron chi connectivity index (χ0n) is 4.50. The van der Waals surface area contributed by atoms with Crippen LogP contribution in [0, 0.1) is 0 Å². The normalized spacial score (nSPS) is 9.75. The topological polar surface area (TPSA) is 30.7 Å². The van der Waals surface area contributed by atoms with Gasteiger partial charge in [-0.3, -0.25) is 4.68 Å². The van der Waals surface area contributed by atoms with E-state index >= 15 is 0 Å². The Hall–Kier alpha value is -0.130. The van der Waals surface area contributed by atoms with E-state index in [9.17, 15) is 0 Å². The molecule has 0 aliphatic heterocycles. The van der Waals surface area contributed by atoms with Gasteiger partial charge in [0.1, 0.15) is 12.2 Å². The Labute approximate surface area is 61.3 Å². The van der Waals surface area contributed by atoms with Crippen molar-refractivity contribution in [2.45, 2.75) is 4.43 Å². The van der Waals surface area contributed by atoms with E-state index < -0.39 is 0 Å². The van der Waals surface area contributed by atoms with Crippen molar-refractivity contribution in [2.24, 2.45) is 7.05 Å². The monoisotopic (exact) mass is 223 g/mol. The Morgan fingerprint density at radius 2 is 2.62 bits per heavy atom. The zero-order valence-corrected chi connectivity index (χ0v) is 6.66. The molecule has 4 heteroatoms. The smallest absolute Gasteiger partial charge is 0.138 e. The van der Waals surface area contributed by atoms with Gasteiger partial charge in [0.2, 0.25) is 0 Å². The van der Waals surface area contributed by atoms with Crippen molar-refractivity contribution in [3.63, 3.8) is 0 Å². The summed E-state index contributed by atoms with van der Waals surface area (Å²) < 4.78 is 2.70. The summed E-state index contributed by atoms with van der Waals surface area (Å²) >= 11 is 2.25. The fourth-order valence-corrected chi connectivity index (χ4v) is 1.13. The Morgan fingerprint density at radius 3 is 2.88 bits per heavy atom. The SMILES string of the molecule is Cn1ncnc1CI. The molecule has 3 nitrogen and oxygen atoms in total. The molecule has 0 atom stereocenters. The highest BCUT2D eigenvalue weighted by Gasteiger charge is 1.93. The minimum atomic E-state index is 0.925. The van der Waals surface area contributed by atoms with Gasteiger partial charge in [0.15, 0.2) is 0 Å². The highest BCUT2D eigenvalue weighted by Crippen LogP contribution is 1.97. The fourth-order valence-electron chi connectivity index (χ4n) is 0.441. The number of nitrogens with zero attached hydrogens (tertiary/aromatic N) is 3. The third kappa shape index (κ3) is 0.988. The van der Waals surface area contributed by atoms with E-state index in [2.05, 4.69) is 32.7 Å². The van der Waals surface area contributed by atoms with Crippen molar-refractivity contribution in [3.8, 4) is 0 Å². The Morgan fingerprint density at radius 1 is 1.88 bits per heavy atom. The van der Waals surface area contributed by atoms with Gasteiger partial charge in [-0.1, -0.05) is 22.6 Å². The van der Waals surface area contributed by atoms with Crippen molar-refractivity contribution < 1.29 is 0 Å². The lowest BCUT2D eigenvalue weighted by Gasteiger charge is -1.89. The third-order valence-corrected chi connectivity index (χ3v) is 1.61. The number of halogens is 1. The molecule has 0 unspecified atom stereocenters. The summed E-state index contributed by atoms with van der Waals surface area (Å²) in [6.45, 7) is 0. The molecule has 0 N–H and O–H groups in total. The lowest BCUT2D eigenvalue weighted by Crippen LogP contribution is -1.95. The van der Waals surface area contributed by atoms with Gasteiger partial charge in [-0.2, -0.15) is 5.10 Å². The van der Waals surface area contributed by atoms with Crippen molar-refractivity contribution in [1.29, 1.82) is 0 Å². The van der Waals surface area contributed by atoms with Gasteiger partial charge >= 0.3 is 0 Å². The van der Waals surface area contributed by atoms with Crippen LogP contribution in [0.4, 0.5) is 0 Å². The maximum atomic E-state index is 3.98. The van der Waals surface area contributed by atoms with Crippen molar-refractivity contribution in [1.82, 2.24) is 14.8 Å². The Balaban J connectivity index is 2.92. The molecule has 0 amide bonds. The maximum absolute atomic E-state index is 3.98. The second-order valence-electron chi connectivity index (χ2n) is 1.43. The van der Waals surface area contributed by atoms with E-state index in [4.69, 9.17) is 0 Å². The van der Waals surface area contributed by atoms with Gasteiger partial charge in [-0.15, -0.1) is 0 Å². The molecule has 0 aromatic carbocycles. The van der Waals surface area contributed by atoms with Gasteiger partial charge in [0.25, 0.3) is 0 Å². The second kappa shape index (κ2) is 2.43. The summed E-state index contributed by atoms with van der Waals surface area (Å²) in [5.41, 5.74) is 0. The van der Waals surface area contributed by atoms with E-state index in [1.165, 1.54) is 0 Å². The van der Waals surface area contributed by atoms with E-state index in [1.54, 1.807) is 11.0 Å². The maximum Gasteiger partial charge on any atom is 0.138 e. The van der Waals surface area contributed by atoms with Gasteiger partial charge in [0.05, 0.1) is 4.43 Å². The summed E-state index contributed by atoms with van der Waals surface area (Å²) in [6.07, 6.45) is 1.56. The minimum absolute atomic E-state index is 0.925. The van der Waals surface area contributed by atoms with Crippen LogP contribution in [0.1, 0.15) is 5.82 Å². The summed E-state index contributed by atoms with van der Waals surface area (Å²) in [5, 5.41) is 3.89. The van der Waals surface area contributed by atoms with Crippen LogP contribution in [-0.2, 0) is 11.5 Å². The summed E-state index contributed by atoms with van der Waals surface area (Å²) in [4.78, 5) is 3.98. The van der Waals surface area contributed by atoms with Gasteiger partial charge in [-0.05, 0) is 0 Å². The first-order chi connectivity index (χ1) is 3.84. The molecule has 0 spiro atoms. The number of aryl methyl sites for hydroxylation is 1. The molecule has 0 bridgehead atoms. The van der Waals surface area contributed by atoms with Crippen molar-refractivity contribution >= 4 is 22.6 Å². The molecular formula is C4H6IN3. The van der Waals surface area contributed by atoms with Crippen LogP contribution < -0.4 is 0 Å². The molecule has 1 aromatic rings. The standard InChI is InChI=1S/C4H6IN3/c1-8-4(2-5)6-3-7-8/h3H,2H2,1H3. The van der Waals surface area contributed by atoms with E-state index in [0.717, 1.165) is 10.3 Å². The number of rotatable bonds is 1. The Bertz CT molecular complexity index is 172. The molecule has 8 heavy (non-hydrogen) atoms. The fraction of sp³-hybridized carbons (Fsp3) is 0.500. The molecule has 1 heterocycles. The molecule has 0 aliphatic carbocycles. The van der Waals surface area contributed by atoms with Gasteiger partial charge < -0.3 is 0 Å².